The number of nitrogens with zero attached hydrogens (tertiary/aromatic N) is 1. The van der Waals surface area contributed by atoms with Gasteiger partial charge in [-0.25, -0.2) is 0 Å². The van der Waals surface area contributed by atoms with E-state index >= 15 is 0 Å². The van der Waals surface area contributed by atoms with Crippen molar-refractivity contribution in [2.24, 2.45) is 0 Å². The number of para-hydroxylation sites is 1. The van der Waals surface area contributed by atoms with Gasteiger partial charge in [-0.2, -0.15) is 0 Å². The second-order valence-electron chi connectivity index (χ2n) is 3.83. The highest BCUT2D eigenvalue weighted by Gasteiger charge is 2.04. The summed E-state index contributed by atoms with van der Waals surface area (Å²) < 4.78 is 0. The van der Waals surface area contributed by atoms with Gasteiger partial charge in [0.15, 0.2) is 0 Å². The molecule has 90 valence electrons. The SMILES string of the molecule is OCCCCCN(CCO)c1ccccc1. The Morgan fingerprint density at radius 3 is 2.19 bits per heavy atom. The number of hydrogen-bond donors (Lipinski definition) is 2. The van der Waals surface area contributed by atoms with E-state index in [0.717, 1.165) is 31.5 Å². The van der Waals surface area contributed by atoms with Crippen molar-refractivity contribution in [1.29, 1.82) is 0 Å². The second kappa shape index (κ2) is 8.13. The molecule has 0 saturated carbocycles. The lowest BCUT2D eigenvalue weighted by molar-refractivity contribution is 0.282. The fourth-order valence-corrected chi connectivity index (χ4v) is 1.72. The molecule has 2 N–H and O–H groups in total. The third kappa shape index (κ3) is 4.64. The van der Waals surface area contributed by atoms with E-state index in [0.29, 0.717) is 6.54 Å². The molecule has 0 spiro atoms. The topological polar surface area (TPSA) is 43.7 Å². The molecule has 0 bridgehead atoms. The zero-order chi connectivity index (χ0) is 11.6. The lowest BCUT2D eigenvalue weighted by Gasteiger charge is -2.23. The minimum Gasteiger partial charge on any atom is -0.396 e. The molecule has 0 fully saturated rings. The second-order valence-corrected chi connectivity index (χ2v) is 3.83. The molecular weight excluding hydrogens is 202 g/mol. The maximum Gasteiger partial charge on any atom is 0.0606 e. The molecule has 16 heavy (non-hydrogen) atoms. The summed E-state index contributed by atoms with van der Waals surface area (Å²) in [6.45, 7) is 2.05. The molecule has 0 aromatic heterocycles. The average molecular weight is 223 g/mol. The van der Waals surface area contributed by atoms with Crippen LogP contribution in [0.2, 0.25) is 0 Å². The van der Waals surface area contributed by atoms with E-state index in [9.17, 15) is 0 Å². The molecule has 0 saturated heterocycles. The van der Waals surface area contributed by atoms with Crippen LogP contribution in [0.1, 0.15) is 19.3 Å². The smallest absolute Gasteiger partial charge is 0.0606 e. The summed E-state index contributed by atoms with van der Waals surface area (Å²) in [6, 6.07) is 10.1. The molecule has 3 heteroatoms. The van der Waals surface area contributed by atoms with Gasteiger partial charge in [0.25, 0.3) is 0 Å². The summed E-state index contributed by atoms with van der Waals surface area (Å²) in [5.41, 5.74) is 1.15. The molecule has 1 aromatic rings. The van der Waals surface area contributed by atoms with E-state index in [1.54, 1.807) is 0 Å². The van der Waals surface area contributed by atoms with E-state index in [1.807, 2.05) is 18.2 Å². The van der Waals surface area contributed by atoms with Gasteiger partial charge in [-0.05, 0) is 31.4 Å². The summed E-state index contributed by atoms with van der Waals surface area (Å²) in [5.74, 6) is 0. The Bertz CT molecular complexity index is 264. The van der Waals surface area contributed by atoms with Gasteiger partial charge in [0.1, 0.15) is 0 Å². The molecule has 3 nitrogen and oxygen atoms in total. The van der Waals surface area contributed by atoms with E-state index in [1.165, 1.54) is 0 Å². The first kappa shape index (κ1) is 13.0. The standard InChI is InChI=1S/C13H21NO2/c15-11-6-2-5-9-14(10-12-16)13-7-3-1-4-8-13/h1,3-4,7-8,15-16H,2,5-6,9-12H2. The molecule has 0 atom stereocenters. The minimum absolute atomic E-state index is 0.175. The van der Waals surface area contributed by atoms with Crippen molar-refractivity contribution < 1.29 is 10.2 Å². The first-order valence-corrected chi connectivity index (χ1v) is 5.90. The van der Waals surface area contributed by atoms with Crippen molar-refractivity contribution in [2.45, 2.75) is 19.3 Å². The maximum absolute atomic E-state index is 9.02. The Hall–Kier alpha value is -1.06. The minimum atomic E-state index is 0.175. The van der Waals surface area contributed by atoms with Gasteiger partial charge in [-0.1, -0.05) is 18.2 Å². The van der Waals surface area contributed by atoms with E-state index in [4.69, 9.17) is 10.2 Å². The number of aliphatic hydroxyl groups is 2. The maximum atomic E-state index is 9.02. The van der Waals surface area contributed by atoms with E-state index in [-0.39, 0.29) is 13.2 Å². The predicted octanol–water partition coefficient (Wildman–Crippen LogP) is 1.65. The first-order valence-electron chi connectivity index (χ1n) is 5.90. The van der Waals surface area contributed by atoms with Crippen molar-refractivity contribution >= 4 is 5.69 Å². The summed E-state index contributed by atoms with van der Waals surface area (Å²) >= 11 is 0. The fraction of sp³-hybridized carbons (Fsp3) is 0.538. The summed E-state index contributed by atoms with van der Waals surface area (Å²) in [7, 11) is 0. The van der Waals surface area contributed by atoms with Crippen LogP contribution in [0.5, 0.6) is 0 Å². The number of aliphatic hydroxyl groups excluding tert-OH is 2. The lowest BCUT2D eigenvalue weighted by Crippen LogP contribution is -2.27. The average Bonchev–Trinajstić information content (AvgIpc) is 2.34. The fourth-order valence-electron chi connectivity index (χ4n) is 1.72. The van der Waals surface area contributed by atoms with Gasteiger partial charge in [0, 0.05) is 25.4 Å². The summed E-state index contributed by atoms with van der Waals surface area (Å²) in [4.78, 5) is 2.18. The Balaban J connectivity index is 2.41. The third-order valence-corrected chi connectivity index (χ3v) is 2.58. The van der Waals surface area contributed by atoms with Crippen LogP contribution < -0.4 is 4.90 Å². The van der Waals surface area contributed by atoms with Crippen molar-refractivity contribution in [3.05, 3.63) is 30.3 Å². The van der Waals surface area contributed by atoms with Crippen molar-refractivity contribution in [2.75, 3.05) is 31.2 Å². The van der Waals surface area contributed by atoms with Gasteiger partial charge < -0.3 is 15.1 Å². The normalized spacial score (nSPS) is 10.4. The molecule has 0 aliphatic rings. The molecule has 0 amide bonds. The highest BCUT2D eigenvalue weighted by Crippen LogP contribution is 2.13. The molecule has 1 aromatic carbocycles. The van der Waals surface area contributed by atoms with Crippen molar-refractivity contribution in [3.8, 4) is 0 Å². The van der Waals surface area contributed by atoms with Gasteiger partial charge in [0.05, 0.1) is 6.61 Å². The third-order valence-electron chi connectivity index (χ3n) is 2.58. The quantitative estimate of drug-likeness (QED) is 0.659. The van der Waals surface area contributed by atoms with Crippen LogP contribution >= 0.6 is 0 Å². The van der Waals surface area contributed by atoms with E-state index in [2.05, 4.69) is 17.0 Å². The number of hydrogen-bond acceptors (Lipinski definition) is 3. The van der Waals surface area contributed by atoms with Crippen LogP contribution in [0, 0.1) is 0 Å². The zero-order valence-electron chi connectivity index (χ0n) is 9.68. The number of unbranched alkanes of at least 4 members (excludes halogenated alkanes) is 2. The molecule has 0 aliphatic heterocycles. The highest BCUT2D eigenvalue weighted by atomic mass is 16.3. The monoisotopic (exact) mass is 223 g/mol. The molecular formula is C13H21NO2. The molecule has 0 heterocycles. The number of rotatable bonds is 8. The van der Waals surface area contributed by atoms with Crippen LogP contribution in [0.25, 0.3) is 0 Å². The summed E-state index contributed by atoms with van der Waals surface area (Å²) in [6.07, 6.45) is 2.95. The molecule has 0 unspecified atom stereocenters. The number of anilines is 1. The van der Waals surface area contributed by atoms with Gasteiger partial charge in [-0.3, -0.25) is 0 Å². The zero-order valence-corrected chi connectivity index (χ0v) is 9.68. The van der Waals surface area contributed by atoms with Crippen LogP contribution in [-0.4, -0.2) is 36.5 Å². The molecule has 0 aliphatic carbocycles. The van der Waals surface area contributed by atoms with Crippen LogP contribution in [0.15, 0.2) is 30.3 Å². The van der Waals surface area contributed by atoms with Crippen molar-refractivity contribution in [3.63, 3.8) is 0 Å². The van der Waals surface area contributed by atoms with Gasteiger partial charge >= 0.3 is 0 Å². The van der Waals surface area contributed by atoms with Crippen LogP contribution in [-0.2, 0) is 0 Å². The Kier molecular flexibility index (Phi) is 6.61. The lowest BCUT2D eigenvalue weighted by atomic mass is 10.2. The molecule has 0 radical (unpaired) electrons. The highest BCUT2D eigenvalue weighted by molar-refractivity contribution is 5.45. The first-order chi connectivity index (χ1) is 7.88. The largest absolute Gasteiger partial charge is 0.396 e. The van der Waals surface area contributed by atoms with E-state index < -0.39 is 0 Å². The predicted molar refractivity (Wildman–Crippen MR) is 66.7 cm³/mol. The van der Waals surface area contributed by atoms with Crippen molar-refractivity contribution in [1.82, 2.24) is 0 Å². The summed E-state index contributed by atoms with van der Waals surface area (Å²) in [5, 5.41) is 17.7. The Morgan fingerprint density at radius 1 is 0.812 bits per heavy atom. The van der Waals surface area contributed by atoms with Crippen LogP contribution in [0.4, 0.5) is 5.69 Å². The van der Waals surface area contributed by atoms with Gasteiger partial charge in [-0.15, -0.1) is 0 Å². The van der Waals surface area contributed by atoms with Gasteiger partial charge in [0.2, 0.25) is 0 Å². The Labute approximate surface area is 97.3 Å². The number of benzene rings is 1. The molecule has 1 rings (SSSR count). The Morgan fingerprint density at radius 2 is 1.56 bits per heavy atom. The van der Waals surface area contributed by atoms with Crippen LogP contribution in [0.3, 0.4) is 0 Å².